The zero-order chi connectivity index (χ0) is 6.85. The molecule has 4 heteroatoms. The summed E-state index contributed by atoms with van der Waals surface area (Å²) in [6.45, 7) is 0. The van der Waals surface area contributed by atoms with Crippen LogP contribution in [0.3, 0.4) is 0 Å². The van der Waals surface area contributed by atoms with Gasteiger partial charge in [0.1, 0.15) is 0 Å². The molecule has 1 aromatic rings. The molecule has 1 aromatic heterocycles. The van der Waals surface area contributed by atoms with Crippen molar-refractivity contribution in [3.8, 4) is 6.01 Å². The number of nitrogens with one attached hydrogen (secondary N) is 1. The van der Waals surface area contributed by atoms with E-state index in [-0.39, 0.29) is 11.5 Å². The quantitative estimate of drug-likeness (QED) is 0.521. The van der Waals surface area contributed by atoms with E-state index in [0.29, 0.717) is 0 Å². The number of nitrogens with zero attached hydrogens (tertiary/aromatic N) is 2. The third kappa shape index (κ3) is 1.07. The van der Waals surface area contributed by atoms with Crippen molar-refractivity contribution in [2.45, 2.75) is 0 Å². The highest BCUT2D eigenvalue weighted by molar-refractivity contribution is 4.92. The maximum atomic E-state index is 10.6. The van der Waals surface area contributed by atoms with E-state index in [1.807, 2.05) is 0 Å². The number of aromatic nitrogens is 2. The first kappa shape index (κ1) is 5.81. The topological polar surface area (TPSA) is 61.6 Å². The Morgan fingerprint density at radius 2 is 2.44 bits per heavy atom. The Bertz CT molecular complexity index is 265. The van der Waals surface area contributed by atoms with Gasteiger partial charge in [-0.1, -0.05) is 0 Å². The summed E-state index contributed by atoms with van der Waals surface area (Å²) >= 11 is 0. The molecule has 47 valence electrons. The molecule has 1 rings (SSSR count). The predicted octanol–water partition coefficient (Wildman–Crippen LogP) is 0.0434. The number of hydrogen-bond acceptors (Lipinski definition) is 2. The van der Waals surface area contributed by atoms with Crippen molar-refractivity contribution in [3.05, 3.63) is 17.8 Å². The summed E-state index contributed by atoms with van der Waals surface area (Å²) in [7, 11) is 1.59. The van der Waals surface area contributed by atoms with Gasteiger partial charge in [0, 0.05) is 13.2 Å². The highest BCUT2D eigenvalue weighted by Gasteiger charge is 1.92. The summed E-state index contributed by atoms with van der Waals surface area (Å²) in [4.78, 5) is 3.35. The summed E-state index contributed by atoms with van der Waals surface area (Å²) in [6, 6.07) is 1.07. The summed E-state index contributed by atoms with van der Waals surface area (Å²) in [5, 5.41) is 17.5. The minimum Gasteiger partial charge on any atom is -0.302 e. The maximum absolute atomic E-state index is 10.6. The minimum atomic E-state index is -0.387. The molecule has 0 amide bonds. The van der Waals surface area contributed by atoms with Crippen LogP contribution in [0.2, 0.25) is 0 Å². The lowest BCUT2D eigenvalue weighted by Crippen LogP contribution is -2.06. The SMILES string of the molecule is Cn1ccc(=N)nc1[O]. The average molecular weight is 124 g/mol. The lowest BCUT2D eigenvalue weighted by Gasteiger charge is -1.93. The highest BCUT2D eigenvalue weighted by Crippen LogP contribution is 1.94. The van der Waals surface area contributed by atoms with E-state index in [2.05, 4.69) is 4.98 Å². The Kier molecular flexibility index (Phi) is 1.22. The van der Waals surface area contributed by atoms with Gasteiger partial charge < -0.3 is 4.57 Å². The number of aryl methyl sites for hydroxylation is 1. The molecule has 0 aliphatic carbocycles. The van der Waals surface area contributed by atoms with Gasteiger partial charge in [0.25, 0.3) is 0 Å². The van der Waals surface area contributed by atoms with Crippen LogP contribution in [0.15, 0.2) is 12.3 Å². The molecule has 4 nitrogen and oxygen atoms in total. The number of rotatable bonds is 0. The summed E-state index contributed by atoms with van der Waals surface area (Å²) in [5.41, 5.74) is 0.0121. The van der Waals surface area contributed by atoms with Gasteiger partial charge in [0.15, 0.2) is 5.49 Å². The fourth-order valence-corrected chi connectivity index (χ4v) is 0.465. The van der Waals surface area contributed by atoms with Gasteiger partial charge in [-0.25, -0.2) is 5.11 Å². The molecule has 0 aliphatic rings. The van der Waals surface area contributed by atoms with E-state index in [0.717, 1.165) is 0 Å². The molecule has 1 heterocycles. The van der Waals surface area contributed by atoms with Crippen LogP contribution in [0.5, 0.6) is 6.01 Å². The molecule has 0 saturated carbocycles. The van der Waals surface area contributed by atoms with Gasteiger partial charge in [0.2, 0.25) is 0 Å². The second-order valence-electron chi connectivity index (χ2n) is 1.71. The van der Waals surface area contributed by atoms with Crippen molar-refractivity contribution >= 4 is 0 Å². The monoisotopic (exact) mass is 124 g/mol. The molecule has 0 spiro atoms. The van der Waals surface area contributed by atoms with E-state index in [9.17, 15) is 5.11 Å². The van der Waals surface area contributed by atoms with Crippen LogP contribution in [0.1, 0.15) is 0 Å². The third-order valence-electron chi connectivity index (χ3n) is 0.974. The van der Waals surface area contributed by atoms with Crippen molar-refractivity contribution in [2.75, 3.05) is 0 Å². The van der Waals surface area contributed by atoms with Crippen LogP contribution in [-0.2, 0) is 12.2 Å². The van der Waals surface area contributed by atoms with Gasteiger partial charge in [-0.3, -0.25) is 5.41 Å². The Morgan fingerprint density at radius 3 is 2.89 bits per heavy atom. The van der Waals surface area contributed by atoms with E-state index in [4.69, 9.17) is 5.41 Å². The second kappa shape index (κ2) is 1.89. The molecule has 0 aliphatic heterocycles. The molecule has 0 bridgehead atoms. The molecular weight excluding hydrogens is 118 g/mol. The van der Waals surface area contributed by atoms with Crippen LogP contribution in [0, 0.1) is 5.41 Å². The molecule has 0 saturated heterocycles. The lowest BCUT2D eigenvalue weighted by molar-refractivity contribution is 0.298. The minimum absolute atomic E-state index is 0.0121. The zero-order valence-electron chi connectivity index (χ0n) is 4.96. The largest absolute Gasteiger partial charge is 0.349 e. The van der Waals surface area contributed by atoms with Crippen LogP contribution >= 0.6 is 0 Å². The standard InChI is InChI=1S/C5H6N3O/c1-8-3-2-4(6)7-5(8)9/h2-3,6H,1H3. The first-order valence-electron chi connectivity index (χ1n) is 2.45. The molecule has 0 unspecified atom stereocenters. The highest BCUT2D eigenvalue weighted by atomic mass is 16.3. The van der Waals surface area contributed by atoms with Crippen molar-refractivity contribution in [1.29, 1.82) is 5.41 Å². The molecule has 0 aromatic carbocycles. The number of hydrogen-bond donors (Lipinski definition) is 1. The summed E-state index contributed by atoms with van der Waals surface area (Å²) in [5.74, 6) is 0. The third-order valence-corrected chi connectivity index (χ3v) is 0.974. The molecule has 0 atom stereocenters. The summed E-state index contributed by atoms with van der Waals surface area (Å²) < 4.78 is 1.32. The Labute approximate surface area is 51.9 Å². The van der Waals surface area contributed by atoms with Gasteiger partial charge in [-0.15, -0.1) is 0 Å². The fourth-order valence-electron chi connectivity index (χ4n) is 0.465. The van der Waals surface area contributed by atoms with E-state index in [1.54, 1.807) is 7.05 Å². The van der Waals surface area contributed by atoms with Crippen molar-refractivity contribution < 1.29 is 5.11 Å². The van der Waals surface area contributed by atoms with Crippen LogP contribution in [0.4, 0.5) is 0 Å². The van der Waals surface area contributed by atoms with Gasteiger partial charge in [-0.2, -0.15) is 4.98 Å². The van der Waals surface area contributed by atoms with Crippen molar-refractivity contribution in [1.82, 2.24) is 9.55 Å². The van der Waals surface area contributed by atoms with Gasteiger partial charge in [0.05, 0.1) is 0 Å². The average Bonchev–Trinajstić information content (AvgIpc) is 1.80. The summed E-state index contributed by atoms with van der Waals surface area (Å²) in [6.07, 6.45) is 1.51. The fraction of sp³-hybridized carbons (Fsp3) is 0.200. The maximum Gasteiger partial charge on any atom is 0.349 e. The lowest BCUT2D eigenvalue weighted by atomic mass is 10.6. The first-order valence-corrected chi connectivity index (χ1v) is 2.45. The predicted molar refractivity (Wildman–Crippen MR) is 29.2 cm³/mol. The molecular formula is C5H6N3O. The molecule has 1 radical (unpaired) electrons. The van der Waals surface area contributed by atoms with Crippen molar-refractivity contribution in [3.63, 3.8) is 0 Å². The van der Waals surface area contributed by atoms with Gasteiger partial charge >= 0.3 is 6.01 Å². The van der Waals surface area contributed by atoms with E-state index >= 15 is 0 Å². The van der Waals surface area contributed by atoms with E-state index in [1.165, 1.54) is 16.8 Å². The van der Waals surface area contributed by atoms with Crippen LogP contribution in [-0.4, -0.2) is 9.55 Å². The van der Waals surface area contributed by atoms with Crippen molar-refractivity contribution in [2.24, 2.45) is 7.05 Å². The Balaban J connectivity index is 3.34. The normalized spacial score (nSPS) is 9.44. The molecule has 1 N–H and O–H groups in total. The van der Waals surface area contributed by atoms with E-state index < -0.39 is 0 Å². The Morgan fingerprint density at radius 1 is 1.78 bits per heavy atom. The smallest absolute Gasteiger partial charge is 0.302 e. The molecule has 9 heavy (non-hydrogen) atoms. The molecule has 0 fully saturated rings. The Hall–Kier alpha value is -1.32. The zero-order valence-corrected chi connectivity index (χ0v) is 4.96. The first-order chi connectivity index (χ1) is 4.20. The second-order valence-corrected chi connectivity index (χ2v) is 1.71. The van der Waals surface area contributed by atoms with Gasteiger partial charge in [-0.05, 0) is 6.07 Å². The van der Waals surface area contributed by atoms with Crippen LogP contribution in [0.25, 0.3) is 0 Å². The van der Waals surface area contributed by atoms with Crippen LogP contribution < -0.4 is 5.49 Å².